The Morgan fingerprint density at radius 3 is 3.04 bits per heavy atom. The Bertz CT molecular complexity index is 747. The fourth-order valence-electron chi connectivity index (χ4n) is 3.98. The molecule has 2 N–H and O–H groups in total. The van der Waals surface area contributed by atoms with E-state index in [2.05, 4.69) is 30.4 Å². The van der Waals surface area contributed by atoms with Crippen LogP contribution in [0.25, 0.3) is 0 Å². The smallest absolute Gasteiger partial charge is 0.226 e. The van der Waals surface area contributed by atoms with Crippen molar-refractivity contribution >= 4 is 11.8 Å². The highest BCUT2D eigenvalue weighted by atomic mass is 16.5. The molecule has 26 heavy (non-hydrogen) atoms. The van der Waals surface area contributed by atoms with E-state index in [9.17, 15) is 0 Å². The molecular formula is C18H27N7O. The first kappa shape index (κ1) is 17.2. The average Bonchev–Trinajstić information content (AvgIpc) is 3.29. The molecule has 0 saturated carbocycles. The molecular weight excluding hydrogens is 330 g/mol. The zero-order valence-electron chi connectivity index (χ0n) is 15.6. The van der Waals surface area contributed by atoms with Crippen LogP contribution in [0.1, 0.15) is 30.1 Å². The molecule has 1 unspecified atom stereocenters. The number of nitrogens with one attached hydrogen (secondary N) is 2. The maximum atomic E-state index is 5.78. The van der Waals surface area contributed by atoms with Gasteiger partial charge >= 0.3 is 0 Å². The Labute approximate surface area is 154 Å². The third-order valence-electron chi connectivity index (χ3n) is 5.38. The van der Waals surface area contributed by atoms with E-state index in [1.165, 1.54) is 17.7 Å². The van der Waals surface area contributed by atoms with Crippen molar-refractivity contribution < 1.29 is 4.74 Å². The quantitative estimate of drug-likeness (QED) is 0.830. The summed E-state index contributed by atoms with van der Waals surface area (Å²) in [7, 11) is 5.70. The summed E-state index contributed by atoms with van der Waals surface area (Å²) in [5.74, 6) is 1.67. The number of rotatable bonds is 5. The van der Waals surface area contributed by atoms with E-state index >= 15 is 0 Å². The standard InChI is InChI=1S/C18H27N7O/c1-24(2)18-19-8-7-16(22-18)25-10-14(15(11-25)26-3)21-13-6-4-5-12-9-20-23-17(12)13/h7-9,13-15,21H,4-6,10-11H2,1-3H3,(H,20,23)/t13?,14-,15+/m0/s1. The molecule has 0 amide bonds. The number of aromatic amines is 1. The van der Waals surface area contributed by atoms with Crippen molar-refractivity contribution in [3.63, 3.8) is 0 Å². The van der Waals surface area contributed by atoms with Gasteiger partial charge in [0.15, 0.2) is 0 Å². The highest BCUT2D eigenvalue weighted by Gasteiger charge is 2.36. The molecule has 0 spiro atoms. The van der Waals surface area contributed by atoms with E-state index in [1.54, 1.807) is 7.11 Å². The number of anilines is 2. The number of hydrogen-bond donors (Lipinski definition) is 2. The van der Waals surface area contributed by atoms with Crippen molar-refractivity contribution in [1.29, 1.82) is 0 Å². The Hall–Kier alpha value is -2.19. The van der Waals surface area contributed by atoms with Gasteiger partial charge in [-0.15, -0.1) is 0 Å². The number of methoxy groups -OCH3 is 1. The Morgan fingerprint density at radius 2 is 2.23 bits per heavy atom. The molecule has 1 fully saturated rings. The maximum absolute atomic E-state index is 5.78. The largest absolute Gasteiger partial charge is 0.378 e. The first-order valence-electron chi connectivity index (χ1n) is 9.22. The summed E-state index contributed by atoms with van der Waals surface area (Å²) in [6.45, 7) is 1.68. The highest BCUT2D eigenvalue weighted by Crippen LogP contribution is 2.30. The molecule has 0 bridgehead atoms. The van der Waals surface area contributed by atoms with Gasteiger partial charge in [0, 0.05) is 46.5 Å². The topological polar surface area (TPSA) is 82.2 Å². The lowest BCUT2D eigenvalue weighted by Gasteiger charge is -2.28. The zero-order chi connectivity index (χ0) is 18.1. The minimum absolute atomic E-state index is 0.126. The van der Waals surface area contributed by atoms with Crippen LogP contribution in [0.3, 0.4) is 0 Å². The summed E-state index contributed by atoms with van der Waals surface area (Å²) < 4.78 is 5.78. The average molecular weight is 357 g/mol. The number of fused-ring (bicyclic) bond motifs is 1. The minimum Gasteiger partial charge on any atom is -0.378 e. The van der Waals surface area contributed by atoms with Crippen molar-refractivity contribution in [1.82, 2.24) is 25.5 Å². The van der Waals surface area contributed by atoms with Crippen molar-refractivity contribution in [2.45, 2.75) is 37.5 Å². The molecule has 2 aliphatic rings. The van der Waals surface area contributed by atoms with E-state index in [4.69, 9.17) is 4.74 Å². The Kier molecular flexibility index (Phi) is 4.78. The lowest BCUT2D eigenvalue weighted by atomic mass is 9.93. The lowest BCUT2D eigenvalue weighted by molar-refractivity contribution is 0.0919. The molecule has 8 heteroatoms. The Balaban J connectivity index is 1.49. The molecule has 0 aromatic carbocycles. The van der Waals surface area contributed by atoms with Crippen LogP contribution >= 0.6 is 0 Å². The number of H-pyrrole nitrogens is 1. The highest BCUT2D eigenvalue weighted by molar-refractivity contribution is 5.45. The van der Waals surface area contributed by atoms with Gasteiger partial charge in [-0.05, 0) is 30.9 Å². The lowest BCUT2D eigenvalue weighted by Crippen LogP contribution is -2.43. The van der Waals surface area contributed by atoms with Gasteiger partial charge in [-0.1, -0.05) is 0 Å². The third-order valence-corrected chi connectivity index (χ3v) is 5.38. The molecule has 1 saturated heterocycles. The van der Waals surface area contributed by atoms with Crippen LogP contribution in [-0.2, 0) is 11.2 Å². The predicted molar refractivity (Wildman–Crippen MR) is 101 cm³/mol. The summed E-state index contributed by atoms with van der Waals surface area (Å²) in [5, 5.41) is 11.2. The van der Waals surface area contributed by atoms with Gasteiger partial charge in [0.1, 0.15) is 5.82 Å². The van der Waals surface area contributed by atoms with Crippen molar-refractivity contribution in [2.24, 2.45) is 0 Å². The van der Waals surface area contributed by atoms with Crippen LogP contribution in [0.4, 0.5) is 11.8 Å². The van der Waals surface area contributed by atoms with Crippen LogP contribution in [0.5, 0.6) is 0 Å². The molecule has 3 atom stereocenters. The minimum atomic E-state index is 0.126. The second-order valence-corrected chi connectivity index (χ2v) is 7.32. The molecule has 4 rings (SSSR count). The van der Waals surface area contributed by atoms with Crippen molar-refractivity contribution in [2.75, 3.05) is 44.1 Å². The molecule has 1 aliphatic heterocycles. The van der Waals surface area contributed by atoms with Gasteiger partial charge in [0.05, 0.1) is 24.0 Å². The molecule has 0 radical (unpaired) electrons. The molecule has 8 nitrogen and oxygen atoms in total. The van der Waals surface area contributed by atoms with E-state index in [0.29, 0.717) is 6.04 Å². The van der Waals surface area contributed by atoms with Crippen LogP contribution in [0, 0.1) is 0 Å². The second kappa shape index (κ2) is 7.20. The number of nitrogens with zero attached hydrogens (tertiary/aromatic N) is 5. The fourth-order valence-corrected chi connectivity index (χ4v) is 3.98. The van der Waals surface area contributed by atoms with Gasteiger partial charge in [-0.25, -0.2) is 4.98 Å². The third kappa shape index (κ3) is 3.26. The molecule has 1 aliphatic carbocycles. The van der Waals surface area contributed by atoms with Crippen LogP contribution in [-0.4, -0.2) is 66.6 Å². The summed E-state index contributed by atoms with van der Waals surface area (Å²) in [6.07, 6.45) is 7.33. The Morgan fingerprint density at radius 1 is 1.35 bits per heavy atom. The van der Waals surface area contributed by atoms with Crippen molar-refractivity contribution in [3.05, 3.63) is 29.7 Å². The van der Waals surface area contributed by atoms with Gasteiger partial charge in [-0.3, -0.25) is 5.10 Å². The molecule has 2 aromatic rings. The van der Waals surface area contributed by atoms with E-state index < -0.39 is 0 Å². The number of aromatic nitrogens is 4. The van der Waals surface area contributed by atoms with Crippen LogP contribution < -0.4 is 15.1 Å². The molecule has 3 heterocycles. The monoisotopic (exact) mass is 357 g/mol. The zero-order valence-corrected chi connectivity index (χ0v) is 15.6. The molecule has 2 aromatic heterocycles. The van der Waals surface area contributed by atoms with Gasteiger partial charge < -0.3 is 19.9 Å². The predicted octanol–water partition coefficient (Wildman–Crippen LogP) is 1.14. The van der Waals surface area contributed by atoms with E-state index in [-0.39, 0.29) is 12.1 Å². The second-order valence-electron chi connectivity index (χ2n) is 7.32. The number of ether oxygens (including phenoxy) is 1. The van der Waals surface area contributed by atoms with Gasteiger partial charge in [-0.2, -0.15) is 10.1 Å². The van der Waals surface area contributed by atoms with E-state index in [0.717, 1.165) is 37.7 Å². The normalized spacial score (nSPS) is 25.3. The summed E-state index contributed by atoms with van der Waals surface area (Å²) in [6, 6.07) is 2.53. The summed E-state index contributed by atoms with van der Waals surface area (Å²) in [4.78, 5) is 13.2. The van der Waals surface area contributed by atoms with Crippen LogP contribution in [0.15, 0.2) is 18.5 Å². The SMILES string of the molecule is CO[C@@H]1CN(c2ccnc(N(C)C)n2)C[C@@H]1NC1CCCc2cn[nH]c21. The van der Waals surface area contributed by atoms with Crippen molar-refractivity contribution in [3.8, 4) is 0 Å². The summed E-state index contributed by atoms with van der Waals surface area (Å²) in [5.41, 5.74) is 2.57. The molecule has 140 valence electrons. The first-order valence-corrected chi connectivity index (χ1v) is 9.22. The van der Waals surface area contributed by atoms with Crippen LogP contribution in [0.2, 0.25) is 0 Å². The maximum Gasteiger partial charge on any atom is 0.226 e. The number of aryl methyl sites for hydroxylation is 1. The number of hydrogen-bond acceptors (Lipinski definition) is 7. The summed E-state index contributed by atoms with van der Waals surface area (Å²) >= 11 is 0. The van der Waals surface area contributed by atoms with Gasteiger partial charge in [0.2, 0.25) is 5.95 Å². The van der Waals surface area contributed by atoms with Gasteiger partial charge in [0.25, 0.3) is 0 Å². The first-order chi connectivity index (χ1) is 12.7. The fraction of sp³-hybridized carbons (Fsp3) is 0.611. The van der Waals surface area contributed by atoms with E-state index in [1.807, 2.05) is 37.5 Å².